The lowest BCUT2D eigenvalue weighted by Crippen LogP contribution is -1.85. The van der Waals surface area contributed by atoms with Gasteiger partial charge in [0.2, 0.25) is 0 Å². The van der Waals surface area contributed by atoms with Gasteiger partial charge in [-0.05, 0) is 24.1 Å². The van der Waals surface area contributed by atoms with Gasteiger partial charge >= 0.3 is 0 Å². The summed E-state index contributed by atoms with van der Waals surface area (Å²) in [6, 6.07) is 6.58. The van der Waals surface area contributed by atoms with Gasteiger partial charge in [-0.15, -0.1) is 0 Å². The molecule has 0 heterocycles. The minimum Gasteiger partial charge on any atom is -0.205 e. The van der Waals surface area contributed by atoms with Crippen LogP contribution in [0.3, 0.4) is 0 Å². The first kappa shape index (κ1) is 9.02. The van der Waals surface area contributed by atoms with E-state index in [1.165, 1.54) is 12.1 Å². The largest absolute Gasteiger partial charge is 0.205 e. The van der Waals surface area contributed by atoms with E-state index in [-0.39, 0.29) is 5.02 Å². The fourth-order valence-electron chi connectivity index (χ4n) is 0.895. The topological polar surface area (TPSA) is 23.8 Å². The van der Waals surface area contributed by atoms with Crippen LogP contribution >= 0.6 is 11.6 Å². The molecule has 0 aliphatic heterocycles. The molecule has 0 saturated heterocycles. The monoisotopic (exact) mass is 183 g/mol. The van der Waals surface area contributed by atoms with Gasteiger partial charge in [-0.3, -0.25) is 0 Å². The molecule has 0 unspecified atom stereocenters. The van der Waals surface area contributed by atoms with E-state index in [1.54, 1.807) is 6.07 Å². The maximum atomic E-state index is 12.8. The molecular formula is C9H7ClFN. The third kappa shape index (κ3) is 2.21. The molecule has 1 rings (SSSR count). The van der Waals surface area contributed by atoms with Crippen LogP contribution in [0.15, 0.2) is 18.2 Å². The number of benzene rings is 1. The average molecular weight is 184 g/mol. The van der Waals surface area contributed by atoms with Crippen molar-refractivity contribution >= 4 is 11.6 Å². The molecule has 0 bridgehead atoms. The van der Waals surface area contributed by atoms with Crippen molar-refractivity contribution in [2.75, 3.05) is 0 Å². The summed E-state index contributed by atoms with van der Waals surface area (Å²) in [4.78, 5) is 0. The van der Waals surface area contributed by atoms with Crippen molar-refractivity contribution in [2.45, 2.75) is 12.8 Å². The molecule has 3 heteroatoms. The van der Waals surface area contributed by atoms with Gasteiger partial charge in [0, 0.05) is 6.42 Å². The maximum Gasteiger partial charge on any atom is 0.142 e. The number of aryl methyl sites for hydroxylation is 1. The highest BCUT2D eigenvalue weighted by Gasteiger charge is 1.99. The first-order chi connectivity index (χ1) is 5.74. The predicted molar refractivity (Wildman–Crippen MR) is 45.3 cm³/mol. The molecule has 1 aromatic carbocycles. The molecular weight excluding hydrogens is 177 g/mol. The zero-order valence-electron chi connectivity index (χ0n) is 6.35. The Kier molecular flexibility index (Phi) is 3.07. The van der Waals surface area contributed by atoms with Gasteiger partial charge in [0.05, 0.1) is 11.1 Å². The highest BCUT2D eigenvalue weighted by Crippen LogP contribution is 2.16. The van der Waals surface area contributed by atoms with Crippen molar-refractivity contribution in [1.82, 2.24) is 0 Å². The Bertz CT molecular complexity index is 317. The van der Waals surface area contributed by atoms with Crippen LogP contribution in [-0.4, -0.2) is 0 Å². The number of hydrogen-bond donors (Lipinski definition) is 0. The summed E-state index contributed by atoms with van der Waals surface area (Å²) in [7, 11) is 0. The van der Waals surface area contributed by atoms with Crippen LogP contribution in [0.5, 0.6) is 0 Å². The van der Waals surface area contributed by atoms with Crippen molar-refractivity contribution in [3.63, 3.8) is 0 Å². The van der Waals surface area contributed by atoms with E-state index in [0.717, 1.165) is 5.56 Å². The molecule has 12 heavy (non-hydrogen) atoms. The van der Waals surface area contributed by atoms with Crippen LogP contribution in [0.1, 0.15) is 12.0 Å². The third-order valence-corrected chi connectivity index (χ3v) is 1.82. The predicted octanol–water partition coefficient (Wildman–Crippen LogP) is 2.94. The number of nitriles is 1. The second-order valence-corrected chi connectivity index (χ2v) is 2.81. The lowest BCUT2D eigenvalue weighted by atomic mass is 10.1. The van der Waals surface area contributed by atoms with Crippen LogP contribution < -0.4 is 0 Å². The molecule has 0 fully saturated rings. The summed E-state index contributed by atoms with van der Waals surface area (Å²) >= 11 is 5.47. The Hall–Kier alpha value is -1.07. The van der Waals surface area contributed by atoms with Crippen LogP contribution in [-0.2, 0) is 6.42 Å². The quantitative estimate of drug-likeness (QED) is 0.692. The molecule has 0 saturated carbocycles. The van der Waals surface area contributed by atoms with Crippen LogP contribution in [0, 0.1) is 17.1 Å². The third-order valence-electron chi connectivity index (χ3n) is 1.51. The summed E-state index contributed by atoms with van der Waals surface area (Å²) in [6.45, 7) is 0. The summed E-state index contributed by atoms with van der Waals surface area (Å²) < 4.78 is 12.8. The number of halogens is 2. The fraction of sp³-hybridized carbons (Fsp3) is 0.222. The molecule has 0 aromatic heterocycles. The van der Waals surface area contributed by atoms with E-state index in [9.17, 15) is 4.39 Å². The number of hydrogen-bond acceptors (Lipinski definition) is 1. The van der Waals surface area contributed by atoms with E-state index in [1.807, 2.05) is 6.07 Å². The van der Waals surface area contributed by atoms with Crippen molar-refractivity contribution in [3.05, 3.63) is 34.6 Å². The van der Waals surface area contributed by atoms with Gasteiger partial charge in [-0.25, -0.2) is 4.39 Å². The van der Waals surface area contributed by atoms with E-state index >= 15 is 0 Å². The standard InChI is InChI=1S/C9H7ClFN/c10-8-4-3-7(2-1-5-12)6-9(8)11/h3-4,6H,1-2H2. The summed E-state index contributed by atoms with van der Waals surface area (Å²) in [5.41, 5.74) is 0.804. The summed E-state index contributed by atoms with van der Waals surface area (Å²) in [5, 5.41) is 8.40. The molecule has 0 N–H and O–H groups in total. The molecule has 1 nitrogen and oxygen atoms in total. The van der Waals surface area contributed by atoms with Crippen molar-refractivity contribution in [1.29, 1.82) is 5.26 Å². The zero-order chi connectivity index (χ0) is 8.97. The molecule has 0 aliphatic carbocycles. The maximum absolute atomic E-state index is 12.8. The van der Waals surface area contributed by atoms with Crippen LogP contribution in [0.25, 0.3) is 0 Å². The fourth-order valence-corrected chi connectivity index (χ4v) is 1.01. The Balaban J connectivity index is 2.77. The minimum atomic E-state index is -0.424. The van der Waals surface area contributed by atoms with E-state index < -0.39 is 5.82 Å². The van der Waals surface area contributed by atoms with E-state index in [4.69, 9.17) is 16.9 Å². The van der Waals surface area contributed by atoms with E-state index in [0.29, 0.717) is 12.8 Å². The number of rotatable bonds is 2. The average Bonchev–Trinajstić information content (AvgIpc) is 2.07. The second kappa shape index (κ2) is 4.08. The Labute approximate surface area is 75.4 Å². The van der Waals surface area contributed by atoms with Crippen LogP contribution in [0.4, 0.5) is 4.39 Å². The molecule has 62 valence electrons. The van der Waals surface area contributed by atoms with Gasteiger partial charge in [-0.2, -0.15) is 5.26 Å². The highest BCUT2D eigenvalue weighted by molar-refractivity contribution is 6.30. The van der Waals surface area contributed by atoms with Crippen LogP contribution in [0.2, 0.25) is 5.02 Å². The lowest BCUT2D eigenvalue weighted by Gasteiger charge is -1.98. The van der Waals surface area contributed by atoms with Gasteiger partial charge in [0.25, 0.3) is 0 Å². The summed E-state index contributed by atoms with van der Waals surface area (Å²) in [6.07, 6.45) is 0.978. The second-order valence-electron chi connectivity index (χ2n) is 2.41. The summed E-state index contributed by atoms with van der Waals surface area (Å²) in [5.74, 6) is -0.424. The van der Waals surface area contributed by atoms with Gasteiger partial charge in [-0.1, -0.05) is 17.7 Å². The Morgan fingerprint density at radius 2 is 2.25 bits per heavy atom. The van der Waals surface area contributed by atoms with Gasteiger partial charge in [0.15, 0.2) is 0 Å². The molecule has 0 amide bonds. The van der Waals surface area contributed by atoms with Crippen molar-refractivity contribution in [2.24, 2.45) is 0 Å². The number of nitrogens with zero attached hydrogens (tertiary/aromatic N) is 1. The van der Waals surface area contributed by atoms with Crippen molar-refractivity contribution in [3.8, 4) is 6.07 Å². The molecule has 1 aromatic rings. The van der Waals surface area contributed by atoms with Crippen molar-refractivity contribution < 1.29 is 4.39 Å². The van der Waals surface area contributed by atoms with Gasteiger partial charge in [0.1, 0.15) is 5.82 Å². The minimum absolute atomic E-state index is 0.121. The zero-order valence-corrected chi connectivity index (χ0v) is 7.11. The first-order valence-corrected chi connectivity index (χ1v) is 3.92. The molecule has 0 atom stereocenters. The SMILES string of the molecule is N#CCCc1ccc(Cl)c(F)c1. The molecule has 0 spiro atoms. The normalized spacial score (nSPS) is 9.42. The Morgan fingerprint density at radius 1 is 1.50 bits per heavy atom. The smallest absolute Gasteiger partial charge is 0.142 e. The molecule has 0 radical (unpaired) electrons. The lowest BCUT2D eigenvalue weighted by molar-refractivity contribution is 0.626. The molecule has 0 aliphatic rings. The highest BCUT2D eigenvalue weighted by atomic mass is 35.5. The van der Waals surface area contributed by atoms with E-state index in [2.05, 4.69) is 0 Å². The first-order valence-electron chi connectivity index (χ1n) is 3.55. The van der Waals surface area contributed by atoms with Gasteiger partial charge < -0.3 is 0 Å². The Morgan fingerprint density at radius 3 is 2.83 bits per heavy atom.